The van der Waals surface area contributed by atoms with E-state index in [1.807, 2.05) is 0 Å². The minimum Gasteiger partial charge on any atom is -0.317 e. The van der Waals surface area contributed by atoms with Gasteiger partial charge in [-0.05, 0) is 39.2 Å². The first-order chi connectivity index (χ1) is 6.99. The highest BCUT2D eigenvalue weighted by molar-refractivity contribution is 4.90. The minimum atomic E-state index is 0.702. The van der Waals surface area contributed by atoms with E-state index in [1.54, 1.807) is 0 Å². The maximum Gasteiger partial charge on any atom is 0.0117 e. The summed E-state index contributed by atoms with van der Waals surface area (Å²) in [5, 5.41) is 3.45. The van der Waals surface area contributed by atoms with Gasteiger partial charge >= 0.3 is 0 Å². The fourth-order valence-corrected chi connectivity index (χ4v) is 2.76. The summed E-state index contributed by atoms with van der Waals surface area (Å²) in [5.74, 6) is 1.51. The highest BCUT2D eigenvalue weighted by Crippen LogP contribution is 2.27. The standard InChI is InChI=1S/C13H28N2/c1-9(2)11(4)15-8-7-13(14-6)10(3)12(15)5/h9-14H,7-8H2,1-6H3. The third-order valence-corrected chi connectivity index (χ3v) is 4.48. The Morgan fingerprint density at radius 1 is 1.20 bits per heavy atom. The van der Waals surface area contributed by atoms with Gasteiger partial charge in [-0.15, -0.1) is 0 Å². The molecule has 1 saturated heterocycles. The van der Waals surface area contributed by atoms with Crippen LogP contribution in [-0.4, -0.2) is 36.6 Å². The zero-order valence-electron chi connectivity index (χ0n) is 11.2. The average Bonchev–Trinajstić information content (AvgIpc) is 2.21. The highest BCUT2D eigenvalue weighted by atomic mass is 15.2. The van der Waals surface area contributed by atoms with Gasteiger partial charge in [-0.1, -0.05) is 20.8 Å². The van der Waals surface area contributed by atoms with Crippen molar-refractivity contribution < 1.29 is 0 Å². The van der Waals surface area contributed by atoms with Crippen molar-refractivity contribution in [1.82, 2.24) is 10.2 Å². The molecule has 0 aromatic rings. The Kier molecular flexibility index (Phi) is 4.60. The molecule has 0 radical (unpaired) electrons. The Bertz CT molecular complexity index is 191. The Balaban J connectivity index is 2.63. The topological polar surface area (TPSA) is 15.3 Å². The molecule has 2 nitrogen and oxygen atoms in total. The van der Waals surface area contributed by atoms with Crippen LogP contribution in [0.15, 0.2) is 0 Å². The lowest BCUT2D eigenvalue weighted by molar-refractivity contribution is 0.0380. The molecule has 0 saturated carbocycles. The van der Waals surface area contributed by atoms with Gasteiger partial charge < -0.3 is 5.32 Å². The molecular weight excluding hydrogens is 184 g/mol. The molecule has 0 aromatic carbocycles. The van der Waals surface area contributed by atoms with Gasteiger partial charge in [0.25, 0.3) is 0 Å². The van der Waals surface area contributed by atoms with E-state index in [4.69, 9.17) is 0 Å². The molecule has 90 valence electrons. The molecule has 1 fully saturated rings. The monoisotopic (exact) mass is 212 g/mol. The fourth-order valence-electron chi connectivity index (χ4n) is 2.76. The van der Waals surface area contributed by atoms with Gasteiger partial charge in [0.05, 0.1) is 0 Å². The Labute approximate surface area is 95.4 Å². The van der Waals surface area contributed by atoms with Gasteiger partial charge in [0.1, 0.15) is 0 Å². The van der Waals surface area contributed by atoms with E-state index in [0.717, 1.165) is 11.8 Å². The lowest BCUT2D eigenvalue weighted by Gasteiger charge is -2.46. The molecule has 0 aliphatic carbocycles. The molecule has 0 spiro atoms. The fraction of sp³-hybridized carbons (Fsp3) is 1.00. The van der Waals surface area contributed by atoms with Crippen LogP contribution >= 0.6 is 0 Å². The molecule has 1 aliphatic heterocycles. The van der Waals surface area contributed by atoms with Gasteiger partial charge in [-0.2, -0.15) is 0 Å². The quantitative estimate of drug-likeness (QED) is 0.772. The predicted octanol–water partition coefficient (Wildman–Crippen LogP) is 2.35. The first-order valence-corrected chi connectivity index (χ1v) is 6.42. The lowest BCUT2D eigenvalue weighted by atomic mass is 9.85. The summed E-state index contributed by atoms with van der Waals surface area (Å²) in [6.07, 6.45) is 1.29. The van der Waals surface area contributed by atoms with E-state index in [0.29, 0.717) is 18.1 Å². The van der Waals surface area contributed by atoms with Gasteiger partial charge in [0.15, 0.2) is 0 Å². The van der Waals surface area contributed by atoms with Crippen molar-refractivity contribution in [2.45, 2.75) is 59.2 Å². The third-order valence-electron chi connectivity index (χ3n) is 4.48. The first kappa shape index (κ1) is 13.0. The molecule has 0 amide bonds. The van der Waals surface area contributed by atoms with Crippen LogP contribution in [0, 0.1) is 11.8 Å². The van der Waals surface area contributed by atoms with E-state index in [9.17, 15) is 0 Å². The number of piperidine rings is 1. The van der Waals surface area contributed by atoms with Crippen molar-refractivity contribution in [1.29, 1.82) is 0 Å². The van der Waals surface area contributed by atoms with Crippen LogP contribution in [0.2, 0.25) is 0 Å². The molecule has 1 aliphatic rings. The molecule has 1 heterocycles. The van der Waals surface area contributed by atoms with Gasteiger partial charge in [0, 0.05) is 24.7 Å². The van der Waals surface area contributed by atoms with Crippen molar-refractivity contribution in [3.8, 4) is 0 Å². The second-order valence-electron chi connectivity index (χ2n) is 5.51. The summed E-state index contributed by atoms with van der Waals surface area (Å²) >= 11 is 0. The molecule has 1 rings (SSSR count). The SMILES string of the molecule is CNC1CCN(C(C)C(C)C)C(C)C1C. The molecule has 15 heavy (non-hydrogen) atoms. The smallest absolute Gasteiger partial charge is 0.0117 e. The highest BCUT2D eigenvalue weighted by Gasteiger charge is 2.34. The molecule has 4 unspecified atom stereocenters. The first-order valence-electron chi connectivity index (χ1n) is 6.42. The second-order valence-corrected chi connectivity index (χ2v) is 5.51. The summed E-state index contributed by atoms with van der Waals surface area (Å²) in [5.41, 5.74) is 0. The van der Waals surface area contributed by atoms with Crippen LogP contribution in [0.5, 0.6) is 0 Å². The van der Waals surface area contributed by atoms with E-state index >= 15 is 0 Å². The molecule has 0 bridgehead atoms. The van der Waals surface area contributed by atoms with Crippen molar-refractivity contribution in [3.05, 3.63) is 0 Å². The van der Waals surface area contributed by atoms with Gasteiger partial charge in [-0.3, -0.25) is 4.90 Å². The molecule has 2 heteroatoms. The number of nitrogens with zero attached hydrogens (tertiary/aromatic N) is 1. The number of hydrogen-bond donors (Lipinski definition) is 1. The number of nitrogens with one attached hydrogen (secondary N) is 1. The molecular formula is C13H28N2. The van der Waals surface area contributed by atoms with Crippen molar-refractivity contribution in [2.24, 2.45) is 11.8 Å². The van der Waals surface area contributed by atoms with Crippen LogP contribution in [0.3, 0.4) is 0 Å². The Morgan fingerprint density at radius 2 is 1.80 bits per heavy atom. The van der Waals surface area contributed by atoms with Crippen LogP contribution in [0.4, 0.5) is 0 Å². The summed E-state index contributed by atoms with van der Waals surface area (Å²) in [6.45, 7) is 13.0. The van der Waals surface area contributed by atoms with Crippen LogP contribution < -0.4 is 5.32 Å². The van der Waals surface area contributed by atoms with E-state index in [1.165, 1.54) is 13.0 Å². The van der Waals surface area contributed by atoms with E-state index in [2.05, 4.69) is 51.9 Å². The van der Waals surface area contributed by atoms with E-state index in [-0.39, 0.29) is 0 Å². The average molecular weight is 212 g/mol. The Morgan fingerprint density at radius 3 is 2.27 bits per heavy atom. The zero-order chi connectivity index (χ0) is 11.6. The summed E-state index contributed by atoms with van der Waals surface area (Å²) in [6, 6.07) is 2.12. The maximum absolute atomic E-state index is 3.45. The van der Waals surface area contributed by atoms with Gasteiger partial charge in [0.2, 0.25) is 0 Å². The minimum absolute atomic E-state index is 0.702. The second kappa shape index (κ2) is 5.31. The maximum atomic E-state index is 3.45. The number of hydrogen-bond acceptors (Lipinski definition) is 2. The summed E-state index contributed by atoms with van der Waals surface area (Å²) < 4.78 is 0. The van der Waals surface area contributed by atoms with Gasteiger partial charge in [-0.25, -0.2) is 0 Å². The normalized spacial score (nSPS) is 35.8. The van der Waals surface area contributed by atoms with Crippen LogP contribution in [0.1, 0.15) is 41.0 Å². The zero-order valence-corrected chi connectivity index (χ0v) is 11.2. The van der Waals surface area contributed by atoms with Crippen LogP contribution in [-0.2, 0) is 0 Å². The lowest BCUT2D eigenvalue weighted by Crippen LogP contribution is -2.56. The third kappa shape index (κ3) is 2.73. The summed E-state index contributed by atoms with van der Waals surface area (Å²) in [7, 11) is 2.09. The molecule has 4 atom stereocenters. The number of rotatable bonds is 3. The largest absolute Gasteiger partial charge is 0.317 e. The molecule has 0 aromatic heterocycles. The Hall–Kier alpha value is -0.0800. The number of likely N-dealkylation sites (tertiary alicyclic amines) is 1. The predicted molar refractivity (Wildman–Crippen MR) is 67.1 cm³/mol. The van der Waals surface area contributed by atoms with Crippen LogP contribution in [0.25, 0.3) is 0 Å². The summed E-state index contributed by atoms with van der Waals surface area (Å²) in [4.78, 5) is 2.68. The van der Waals surface area contributed by atoms with Crippen molar-refractivity contribution in [2.75, 3.05) is 13.6 Å². The van der Waals surface area contributed by atoms with Crippen molar-refractivity contribution in [3.63, 3.8) is 0 Å². The molecule has 1 N–H and O–H groups in total. The van der Waals surface area contributed by atoms with E-state index < -0.39 is 0 Å². The van der Waals surface area contributed by atoms with Crippen molar-refractivity contribution >= 4 is 0 Å².